The molecule has 0 amide bonds. The number of β-amino-alcohol motifs (C(OH)–C–C–N with tert-alkyl or cyclic N) is 1. The molecule has 0 aromatic heterocycles. The Labute approximate surface area is 97.8 Å². The smallest absolute Gasteiger partial charge is 0.0697 e. The fraction of sp³-hybridized carbons (Fsp3) is 1.00. The molecule has 2 heterocycles. The highest BCUT2D eigenvalue weighted by Gasteiger charge is 2.42. The standard InChI is InChI=1S/C13H23NO2/c15-12-3-7-14(10-12)11-4-8-16-13(9-11)5-1-2-6-13/h11-12,15H,1-10H2/t11?,12-/m1/s1. The zero-order valence-corrected chi connectivity index (χ0v) is 10.0. The number of ether oxygens (including phenoxy) is 1. The Kier molecular flexibility index (Phi) is 2.94. The Bertz CT molecular complexity index is 250. The van der Waals surface area contributed by atoms with Crippen molar-refractivity contribution in [2.75, 3.05) is 19.7 Å². The van der Waals surface area contributed by atoms with Gasteiger partial charge in [0.05, 0.1) is 11.7 Å². The fourth-order valence-corrected chi connectivity index (χ4v) is 3.78. The Hall–Kier alpha value is -0.120. The van der Waals surface area contributed by atoms with Gasteiger partial charge in [-0.15, -0.1) is 0 Å². The molecule has 1 aliphatic carbocycles. The Balaban J connectivity index is 1.63. The van der Waals surface area contributed by atoms with E-state index in [-0.39, 0.29) is 11.7 Å². The van der Waals surface area contributed by atoms with Gasteiger partial charge in [0.15, 0.2) is 0 Å². The lowest BCUT2D eigenvalue weighted by Gasteiger charge is -2.41. The summed E-state index contributed by atoms with van der Waals surface area (Å²) in [6.45, 7) is 2.90. The Morgan fingerprint density at radius 3 is 2.69 bits per heavy atom. The topological polar surface area (TPSA) is 32.7 Å². The van der Waals surface area contributed by atoms with Gasteiger partial charge in [0.2, 0.25) is 0 Å². The van der Waals surface area contributed by atoms with Gasteiger partial charge in [0.25, 0.3) is 0 Å². The van der Waals surface area contributed by atoms with E-state index in [1.54, 1.807) is 0 Å². The molecule has 0 radical (unpaired) electrons. The third kappa shape index (κ3) is 2.01. The van der Waals surface area contributed by atoms with Gasteiger partial charge in [-0.2, -0.15) is 0 Å². The van der Waals surface area contributed by atoms with E-state index in [0.717, 1.165) is 32.5 Å². The van der Waals surface area contributed by atoms with Crippen molar-refractivity contribution in [2.24, 2.45) is 0 Å². The van der Waals surface area contributed by atoms with E-state index in [1.165, 1.54) is 32.1 Å². The normalized spacial score (nSPS) is 39.6. The van der Waals surface area contributed by atoms with E-state index in [0.29, 0.717) is 6.04 Å². The van der Waals surface area contributed by atoms with Crippen molar-refractivity contribution in [1.29, 1.82) is 0 Å². The van der Waals surface area contributed by atoms with E-state index in [4.69, 9.17) is 4.74 Å². The maximum Gasteiger partial charge on any atom is 0.0697 e. The number of aliphatic hydroxyl groups excluding tert-OH is 1. The summed E-state index contributed by atoms with van der Waals surface area (Å²) >= 11 is 0. The summed E-state index contributed by atoms with van der Waals surface area (Å²) in [6, 6.07) is 0.670. The SMILES string of the molecule is O[C@@H]1CCN(C2CCOC3(CCCC3)C2)C1. The van der Waals surface area contributed by atoms with E-state index in [2.05, 4.69) is 4.90 Å². The lowest BCUT2D eigenvalue weighted by Crippen LogP contribution is -2.47. The second-order valence-electron chi connectivity index (χ2n) is 5.82. The minimum atomic E-state index is -0.0811. The van der Waals surface area contributed by atoms with Gasteiger partial charge in [-0.3, -0.25) is 4.90 Å². The number of rotatable bonds is 1. The van der Waals surface area contributed by atoms with Crippen LogP contribution in [0, 0.1) is 0 Å². The summed E-state index contributed by atoms with van der Waals surface area (Å²) in [4.78, 5) is 2.49. The highest BCUT2D eigenvalue weighted by molar-refractivity contribution is 4.95. The average Bonchev–Trinajstić information content (AvgIpc) is 2.89. The molecule has 1 spiro atoms. The molecule has 2 atom stereocenters. The summed E-state index contributed by atoms with van der Waals surface area (Å²) in [5, 5.41) is 9.61. The molecule has 0 aromatic rings. The van der Waals surface area contributed by atoms with Gasteiger partial charge >= 0.3 is 0 Å². The predicted octanol–water partition coefficient (Wildman–Crippen LogP) is 1.54. The van der Waals surface area contributed by atoms with E-state index in [1.807, 2.05) is 0 Å². The third-order valence-corrected chi connectivity index (χ3v) is 4.69. The first-order chi connectivity index (χ1) is 7.77. The first-order valence-corrected chi connectivity index (χ1v) is 6.84. The first kappa shape index (κ1) is 11.0. The maximum atomic E-state index is 9.61. The zero-order valence-electron chi connectivity index (χ0n) is 10.0. The van der Waals surface area contributed by atoms with E-state index < -0.39 is 0 Å². The van der Waals surface area contributed by atoms with Crippen LogP contribution in [0.4, 0.5) is 0 Å². The summed E-state index contributed by atoms with van der Waals surface area (Å²) in [6.07, 6.45) is 8.46. The van der Waals surface area contributed by atoms with Gasteiger partial charge in [0, 0.05) is 25.7 Å². The second kappa shape index (κ2) is 4.28. The number of aliphatic hydroxyl groups is 1. The molecule has 3 rings (SSSR count). The Morgan fingerprint density at radius 2 is 2.00 bits per heavy atom. The van der Waals surface area contributed by atoms with Crippen molar-refractivity contribution in [1.82, 2.24) is 4.90 Å². The van der Waals surface area contributed by atoms with Crippen LogP contribution in [0.2, 0.25) is 0 Å². The minimum Gasteiger partial charge on any atom is -0.392 e. The molecular weight excluding hydrogens is 202 g/mol. The largest absolute Gasteiger partial charge is 0.392 e. The van der Waals surface area contributed by atoms with E-state index in [9.17, 15) is 5.11 Å². The van der Waals surface area contributed by atoms with Gasteiger partial charge in [-0.05, 0) is 32.1 Å². The molecule has 0 aromatic carbocycles. The molecule has 3 fully saturated rings. The van der Waals surface area contributed by atoms with Crippen molar-refractivity contribution in [3.8, 4) is 0 Å². The lowest BCUT2D eigenvalue weighted by molar-refractivity contribution is -0.0999. The van der Waals surface area contributed by atoms with Crippen molar-refractivity contribution in [3.63, 3.8) is 0 Å². The van der Waals surface area contributed by atoms with Crippen LogP contribution in [0.15, 0.2) is 0 Å². The van der Waals surface area contributed by atoms with Gasteiger partial charge in [-0.25, -0.2) is 0 Å². The molecule has 1 N–H and O–H groups in total. The summed E-state index contributed by atoms with van der Waals surface area (Å²) in [7, 11) is 0. The summed E-state index contributed by atoms with van der Waals surface area (Å²) in [5.41, 5.74) is 0.219. The van der Waals surface area contributed by atoms with E-state index >= 15 is 0 Å². The third-order valence-electron chi connectivity index (χ3n) is 4.69. The van der Waals surface area contributed by atoms with Gasteiger partial charge in [-0.1, -0.05) is 12.8 Å². The maximum absolute atomic E-state index is 9.61. The first-order valence-electron chi connectivity index (χ1n) is 6.84. The van der Waals surface area contributed by atoms with Gasteiger partial charge in [0.1, 0.15) is 0 Å². The molecule has 3 heteroatoms. The van der Waals surface area contributed by atoms with Gasteiger partial charge < -0.3 is 9.84 Å². The molecule has 2 saturated heterocycles. The molecule has 3 aliphatic rings. The predicted molar refractivity (Wildman–Crippen MR) is 62.4 cm³/mol. The molecule has 0 bridgehead atoms. The van der Waals surface area contributed by atoms with Crippen molar-refractivity contribution in [3.05, 3.63) is 0 Å². The number of hydrogen-bond donors (Lipinski definition) is 1. The van der Waals surface area contributed by atoms with Crippen molar-refractivity contribution in [2.45, 2.75) is 62.7 Å². The monoisotopic (exact) mass is 225 g/mol. The van der Waals surface area contributed by atoms with Crippen LogP contribution in [0.25, 0.3) is 0 Å². The number of nitrogens with zero attached hydrogens (tertiary/aromatic N) is 1. The van der Waals surface area contributed by atoms with Crippen LogP contribution >= 0.6 is 0 Å². The summed E-state index contributed by atoms with van der Waals surface area (Å²) in [5.74, 6) is 0. The average molecular weight is 225 g/mol. The molecule has 1 unspecified atom stereocenters. The molecule has 92 valence electrons. The van der Waals surface area contributed by atoms with Crippen molar-refractivity contribution < 1.29 is 9.84 Å². The molecule has 2 aliphatic heterocycles. The van der Waals surface area contributed by atoms with Crippen LogP contribution in [0.1, 0.15) is 44.9 Å². The zero-order chi connectivity index (χ0) is 11.0. The second-order valence-corrected chi connectivity index (χ2v) is 5.82. The number of hydrogen-bond acceptors (Lipinski definition) is 3. The molecule has 3 nitrogen and oxygen atoms in total. The molecule has 1 saturated carbocycles. The van der Waals surface area contributed by atoms with Crippen LogP contribution in [0.5, 0.6) is 0 Å². The lowest BCUT2D eigenvalue weighted by atomic mass is 9.88. The highest BCUT2D eigenvalue weighted by atomic mass is 16.5. The molecule has 16 heavy (non-hydrogen) atoms. The van der Waals surface area contributed by atoms with Crippen LogP contribution in [-0.4, -0.2) is 47.4 Å². The van der Waals surface area contributed by atoms with Crippen LogP contribution < -0.4 is 0 Å². The fourth-order valence-electron chi connectivity index (χ4n) is 3.78. The van der Waals surface area contributed by atoms with Crippen LogP contribution in [-0.2, 0) is 4.74 Å². The Morgan fingerprint density at radius 1 is 1.19 bits per heavy atom. The number of likely N-dealkylation sites (tertiary alicyclic amines) is 1. The highest BCUT2D eigenvalue weighted by Crippen LogP contribution is 2.41. The molecular formula is C13H23NO2. The quantitative estimate of drug-likeness (QED) is 0.735. The minimum absolute atomic E-state index is 0.0811. The van der Waals surface area contributed by atoms with Crippen LogP contribution in [0.3, 0.4) is 0 Å². The van der Waals surface area contributed by atoms with Crippen molar-refractivity contribution >= 4 is 0 Å². The summed E-state index contributed by atoms with van der Waals surface area (Å²) < 4.78 is 6.05.